The number of amides is 1. The van der Waals surface area contributed by atoms with Crippen molar-refractivity contribution in [2.24, 2.45) is 4.99 Å². The number of nitrogens with zero attached hydrogens (tertiary/aromatic N) is 2. The molecule has 27 heavy (non-hydrogen) atoms. The number of carbonyl (C=O) groups is 1. The van der Waals surface area contributed by atoms with E-state index in [1.807, 2.05) is 0 Å². The van der Waals surface area contributed by atoms with Gasteiger partial charge in [-0.2, -0.15) is 22.0 Å². The van der Waals surface area contributed by atoms with Gasteiger partial charge in [0.15, 0.2) is 5.96 Å². The minimum Gasteiger partial charge on any atom is -0.434 e. The third-order valence-corrected chi connectivity index (χ3v) is 3.11. The second kappa shape index (κ2) is 11.8. The molecule has 0 aromatic heterocycles. The third-order valence-electron chi connectivity index (χ3n) is 3.11. The van der Waals surface area contributed by atoms with Crippen LogP contribution < -0.4 is 15.4 Å². The number of rotatable bonds is 7. The SMILES string of the molecule is CN=C(NCC(=O)N(C)CC(F)(F)F)NCc1ccccc1OC(F)F.I. The normalized spacial score (nSPS) is 11.6. The predicted octanol–water partition coefficient (Wildman–Crippen LogP) is 2.59. The second-order valence-electron chi connectivity index (χ2n) is 5.13. The van der Waals surface area contributed by atoms with Crippen molar-refractivity contribution < 1.29 is 31.5 Å². The molecule has 0 spiro atoms. The average Bonchev–Trinajstić information content (AvgIpc) is 2.54. The molecule has 12 heteroatoms. The number of hydrogen-bond donors (Lipinski definition) is 2. The maximum absolute atomic E-state index is 12.4. The lowest BCUT2D eigenvalue weighted by Gasteiger charge is -2.20. The third kappa shape index (κ3) is 10.2. The van der Waals surface area contributed by atoms with Gasteiger partial charge in [0.1, 0.15) is 12.3 Å². The number of para-hydroxylation sites is 1. The Balaban J connectivity index is 0.00000676. The molecule has 0 radical (unpaired) electrons. The summed E-state index contributed by atoms with van der Waals surface area (Å²) < 4.78 is 65.9. The smallest absolute Gasteiger partial charge is 0.406 e. The molecule has 1 amide bonds. The summed E-state index contributed by atoms with van der Waals surface area (Å²) in [6, 6.07) is 6.08. The fourth-order valence-electron chi connectivity index (χ4n) is 1.91. The molecule has 0 saturated heterocycles. The van der Waals surface area contributed by atoms with E-state index in [2.05, 4.69) is 20.4 Å². The number of guanidine groups is 1. The van der Waals surface area contributed by atoms with Gasteiger partial charge in [0.2, 0.25) is 5.91 Å². The average molecular weight is 510 g/mol. The topological polar surface area (TPSA) is 66.0 Å². The van der Waals surface area contributed by atoms with Crippen LogP contribution in [0.1, 0.15) is 5.56 Å². The maximum Gasteiger partial charge on any atom is 0.406 e. The zero-order valence-corrected chi connectivity index (χ0v) is 16.8. The van der Waals surface area contributed by atoms with Crippen molar-refractivity contribution in [2.75, 3.05) is 27.2 Å². The molecule has 1 rings (SSSR count). The van der Waals surface area contributed by atoms with E-state index < -0.39 is 31.8 Å². The molecule has 6 nitrogen and oxygen atoms in total. The Hall–Kier alpha value is -1.86. The fourth-order valence-corrected chi connectivity index (χ4v) is 1.91. The van der Waals surface area contributed by atoms with E-state index >= 15 is 0 Å². The Morgan fingerprint density at radius 1 is 1.26 bits per heavy atom. The minimum absolute atomic E-state index is 0. The summed E-state index contributed by atoms with van der Waals surface area (Å²) in [4.78, 5) is 16.0. The Labute approximate surface area is 170 Å². The number of alkyl halides is 5. The van der Waals surface area contributed by atoms with Gasteiger partial charge in [0.25, 0.3) is 0 Å². The molecule has 0 aliphatic carbocycles. The van der Waals surface area contributed by atoms with Crippen LogP contribution in [0.25, 0.3) is 0 Å². The quantitative estimate of drug-likeness (QED) is 0.256. The number of ether oxygens (including phenoxy) is 1. The fraction of sp³-hybridized carbons (Fsp3) is 0.467. The van der Waals surface area contributed by atoms with Gasteiger partial charge in [-0.1, -0.05) is 18.2 Å². The summed E-state index contributed by atoms with van der Waals surface area (Å²) in [7, 11) is 2.42. The van der Waals surface area contributed by atoms with Crippen LogP contribution in [0.5, 0.6) is 5.75 Å². The molecule has 0 saturated carbocycles. The van der Waals surface area contributed by atoms with E-state index in [-0.39, 0.29) is 42.2 Å². The van der Waals surface area contributed by atoms with Crippen LogP contribution in [0, 0.1) is 0 Å². The van der Waals surface area contributed by atoms with Crippen LogP contribution in [0.2, 0.25) is 0 Å². The highest BCUT2D eigenvalue weighted by molar-refractivity contribution is 14.0. The first-order chi connectivity index (χ1) is 12.1. The molecule has 0 heterocycles. The number of nitrogens with one attached hydrogen (secondary N) is 2. The van der Waals surface area contributed by atoms with Crippen LogP contribution >= 0.6 is 24.0 Å². The molecule has 0 atom stereocenters. The van der Waals surface area contributed by atoms with E-state index in [9.17, 15) is 26.7 Å². The van der Waals surface area contributed by atoms with Crippen molar-refractivity contribution >= 4 is 35.8 Å². The molecule has 154 valence electrons. The largest absolute Gasteiger partial charge is 0.434 e. The van der Waals surface area contributed by atoms with Crippen LogP contribution in [-0.2, 0) is 11.3 Å². The first kappa shape index (κ1) is 25.1. The number of benzene rings is 1. The standard InChI is InChI=1S/C15H19F5N4O2.HI/c1-21-14(23-8-12(25)24(2)9-15(18,19)20)22-7-10-5-3-4-6-11(10)26-13(16)17;/h3-6,13H,7-9H2,1-2H3,(H2,21,22,23);1H. The van der Waals surface area contributed by atoms with Crippen LogP contribution in [0.4, 0.5) is 22.0 Å². The first-order valence-corrected chi connectivity index (χ1v) is 7.40. The minimum atomic E-state index is -4.49. The molecular formula is C15H20F5IN4O2. The van der Waals surface area contributed by atoms with Gasteiger partial charge < -0.3 is 20.3 Å². The molecule has 1 aromatic rings. The van der Waals surface area contributed by atoms with E-state index in [1.54, 1.807) is 12.1 Å². The van der Waals surface area contributed by atoms with Crippen molar-refractivity contribution in [3.05, 3.63) is 29.8 Å². The van der Waals surface area contributed by atoms with Crippen LogP contribution in [0.3, 0.4) is 0 Å². The summed E-state index contributed by atoms with van der Waals surface area (Å²) in [5, 5.41) is 5.32. The van der Waals surface area contributed by atoms with Crippen molar-refractivity contribution in [2.45, 2.75) is 19.3 Å². The number of aliphatic imine (C=N–C) groups is 1. The second-order valence-corrected chi connectivity index (χ2v) is 5.13. The van der Waals surface area contributed by atoms with E-state index in [0.29, 0.717) is 10.5 Å². The lowest BCUT2D eigenvalue weighted by molar-refractivity contribution is -0.157. The first-order valence-electron chi connectivity index (χ1n) is 7.40. The van der Waals surface area contributed by atoms with Gasteiger partial charge in [0.05, 0.1) is 6.54 Å². The number of carbonyl (C=O) groups excluding carboxylic acids is 1. The van der Waals surface area contributed by atoms with Crippen molar-refractivity contribution in [1.82, 2.24) is 15.5 Å². The van der Waals surface area contributed by atoms with Gasteiger partial charge >= 0.3 is 12.8 Å². The van der Waals surface area contributed by atoms with Gasteiger partial charge in [-0.25, -0.2) is 0 Å². The van der Waals surface area contributed by atoms with Crippen LogP contribution in [-0.4, -0.2) is 56.7 Å². The molecule has 0 fully saturated rings. The molecule has 0 aliphatic heterocycles. The Kier molecular flexibility index (Phi) is 11.0. The summed E-state index contributed by atoms with van der Waals surface area (Å²) in [6.07, 6.45) is -4.49. The summed E-state index contributed by atoms with van der Waals surface area (Å²) >= 11 is 0. The Bertz CT molecular complexity index is 628. The predicted molar refractivity (Wildman–Crippen MR) is 100 cm³/mol. The Morgan fingerprint density at radius 2 is 1.89 bits per heavy atom. The van der Waals surface area contributed by atoms with Gasteiger partial charge in [0, 0.05) is 26.2 Å². The number of hydrogen-bond acceptors (Lipinski definition) is 3. The summed E-state index contributed by atoms with van der Waals surface area (Å²) in [5.74, 6) is -0.691. The van der Waals surface area contributed by atoms with Gasteiger partial charge in [-0.15, -0.1) is 24.0 Å². The molecular weight excluding hydrogens is 490 g/mol. The lowest BCUT2D eigenvalue weighted by atomic mass is 10.2. The van der Waals surface area contributed by atoms with Crippen molar-refractivity contribution in [3.63, 3.8) is 0 Å². The highest BCUT2D eigenvalue weighted by atomic mass is 127. The van der Waals surface area contributed by atoms with E-state index in [4.69, 9.17) is 0 Å². The molecule has 0 unspecified atom stereocenters. The number of likely N-dealkylation sites (N-methyl/N-ethyl adjacent to an activating group) is 1. The van der Waals surface area contributed by atoms with Crippen LogP contribution in [0.15, 0.2) is 29.3 Å². The molecule has 2 N–H and O–H groups in total. The summed E-state index contributed by atoms with van der Waals surface area (Å²) in [6.45, 7) is -4.70. The molecule has 0 bridgehead atoms. The van der Waals surface area contributed by atoms with Gasteiger partial charge in [-0.05, 0) is 6.07 Å². The highest BCUT2D eigenvalue weighted by Gasteiger charge is 2.31. The maximum atomic E-state index is 12.4. The molecule has 0 aliphatic rings. The lowest BCUT2D eigenvalue weighted by Crippen LogP contribution is -2.45. The molecule has 1 aromatic carbocycles. The van der Waals surface area contributed by atoms with Crippen molar-refractivity contribution in [1.29, 1.82) is 0 Å². The Morgan fingerprint density at radius 3 is 2.44 bits per heavy atom. The van der Waals surface area contributed by atoms with E-state index in [1.165, 1.54) is 19.2 Å². The zero-order valence-electron chi connectivity index (χ0n) is 14.5. The van der Waals surface area contributed by atoms with Gasteiger partial charge in [-0.3, -0.25) is 9.79 Å². The highest BCUT2D eigenvalue weighted by Crippen LogP contribution is 2.19. The number of halogens is 6. The van der Waals surface area contributed by atoms with E-state index in [0.717, 1.165) is 7.05 Å². The zero-order chi connectivity index (χ0) is 19.7. The monoisotopic (exact) mass is 510 g/mol. The summed E-state index contributed by atoms with van der Waals surface area (Å²) in [5.41, 5.74) is 0.413. The van der Waals surface area contributed by atoms with Crippen molar-refractivity contribution in [3.8, 4) is 5.75 Å².